The first-order valence-electron chi connectivity index (χ1n) is 12.2. The van der Waals surface area contributed by atoms with Crippen molar-refractivity contribution in [3.8, 4) is 0 Å². The van der Waals surface area contributed by atoms with Crippen molar-refractivity contribution in [2.75, 3.05) is 6.54 Å². The zero-order valence-corrected chi connectivity index (χ0v) is 21.5. The Labute approximate surface area is 210 Å². The van der Waals surface area contributed by atoms with Crippen molar-refractivity contribution in [2.45, 2.75) is 60.6 Å². The molecule has 1 spiro atoms. The van der Waals surface area contributed by atoms with Gasteiger partial charge in [-0.1, -0.05) is 62.0 Å². The lowest BCUT2D eigenvalue weighted by atomic mass is 9.64. The zero-order chi connectivity index (χ0) is 26.4. The molecule has 2 heterocycles. The maximum atomic E-state index is 15.8. The molecule has 36 heavy (non-hydrogen) atoms. The van der Waals surface area contributed by atoms with E-state index >= 15 is 4.39 Å². The minimum Gasteiger partial charge on any atom is -0.649 e. The van der Waals surface area contributed by atoms with Gasteiger partial charge in [-0.15, -0.1) is 0 Å². The molecule has 2 atom stereocenters. The fourth-order valence-electron chi connectivity index (χ4n) is 5.23. The SMILES string of the molecule is CC[C@@H](N(NC(=O)c1ccc2c(c1F)[B-]1(NCC(=O)O1)OC2)C(=O)c1cc(C)cc(C)c1)C(C)(C)C. The van der Waals surface area contributed by atoms with Gasteiger partial charge < -0.3 is 14.5 Å². The Kier molecular flexibility index (Phi) is 6.70. The van der Waals surface area contributed by atoms with Gasteiger partial charge in [0, 0.05) is 12.2 Å². The third kappa shape index (κ3) is 4.63. The van der Waals surface area contributed by atoms with E-state index in [4.69, 9.17) is 9.31 Å². The van der Waals surface area contributed by atoms with E-state index in [1.807, 2.05) is 47.6 Å². The summed E-state index contributed by atoms with van der Waals surface area (Å²) in [6.45, 7) is 9.08. The van der Waals surface area contributed by atoms with Gasteiger partial charge in [0.25, 0.3) is 17.8 Å². The number of hydrogen-bond acceptors (Lipinski definition) is 6. The van der Waals surface area contributed by atoms with Crippen LogP contribution in [-0.4, -0.2) is 42.1 Å². The number of aryl methyl sites for hydroxylation is 2. The van der Waals surface area contributed by atoms with Crippen LogP contribution >= 0.6 is 0 Å². The van der Waals surface area contributed by atoms with Crippen LogP contribution in [0.3, 0.4) is 0 Å². The van der Waals surface area contributed by atoms with Gasteiger partial charge in [0.15, 0.2) is 0 Å². The Hall–Kier alpha value is -3.24. The summed E-state index contributed by atoms with van der Waals surface area (Å²) in [4.78, 5) is 38.9. The summed E-state index contributed by atoms with van der Waals surface area (Å²) in [5.41, 5.74) is 4.84. The first kappa shape index (κ1) is 25.8. The van der Waals surface area contributed by atoms with Gasteiger partial charge in [-0.2, -0.15) is 0 Å². The molecule has 2 aromatic carbocycles. The van der Waals surface area contributed by atoms with Crippen LogP contribution in [0.5, 0.6) is 0 Å². The number of benzene rings is 2. The summed E-state index contributed by atoms with van der Waals surface area (Å²) < 4.78 is 26.7. The fraction of sp³-hybridized carbons (Fsp3) is 0.423. The Morgan fingerprint density at radius 2 is 1.86 bits per heavy atom. The summed E-state index contributed by atoms with van der Waals surface area (Å²) in [5, 5.41) is 4.13. The highest BCUT2D eigenvalue weighted by Crippen LogP contribution is 2.29. The van der Waals surface area contributed by atoms with Crippen molar-refractivity contribution < 1.29 is 28.1 Å². The number of fused-ring (bicyclic) bond motifs is 2. The summed E-state index contributed by atoms with van der Waals surface area (Å²) >= 11 is 0. The zero-order valence-electron chi connectivity index (χ0n) is 21.5. The van der Waals surface area contributed by atoms with Crippen LogP contribution in [0.4, 0.5) is 4.39 Å². The second kappa shape index (κ2) is 9.33. The maximum Gasteiger partial charge on any atom is 0.405 e. The van der Waals surface area contributed by atoms with Gasteiger partial charge >= 0.3 is 6.69 Å². The highest BCUT2D eigenvalue weighted by atomic mass is 19.1. The van der Waals surface area contributed by atoms with Gasteiger partial charge in [0.1, 0.15) is 5.82 Å². The number of hydrogen-bond donors (Lipinski definition) is 2. The number of amides is 2. The Bertz CT molecular complexity index is 1220. The molecular formula is C26H32BFN3O5-. The predicted molar refractivity (Wildman–Crippen MR) is 134 cm³/mol. The lowest BCUT2D eigenvalue weighted by Gasteiger charge is -2.39. The van der Waals surface area contributed by atoms with Crippen LogP contribution in [0.25, 0.3) is 0 Å². The molecule has 0 bridgehead atoms. The number of halogens is 1. The Morgan fingerprint density at radius 3 is 2.42 bits per heavy atom. The van der Waals surface area contributed by atoms with Crippen LogP contribution in [0.15, 0.2) is 30.3 Å². The van der Waals surface area contributed by atoms with Gasteiger partial charge in [0.05, 0.1) is 18.2 Å². The van der Waals surface area contributed by atoms with E-state index in [0.717, 1.165) is 11.1 Å². The molecule has 0 saturated carbocycles. The van der Waals surface area contributed by atoms with Crippen molar-refractivity contribution >= 4 is 29.9 Å². The summed E-state index contributed by atoms with van der Waals surface area (Å²) in [7, 11) is 0. The first-order valence-corrected chi connectivity index (χ1v) is 12.2. The lowest BCUT2D eigenvalue weighted by Crippen LogP contribution is -2.60. The predicted octanol–water partition coefficient (Wildman–Crippen LogP) is 2.88. The Morgan fingerprint density at radius 1 is 1.19 bits per heavy atom. The molecule has 1 saturated heterocycles. The van der Waals surface area contributed by atoms with E-state index in [2.05, 4.69) is 10.7 Å². The van der Waals surface area contributed by atoms with Crippen LogP contribution < -0.4 is 16.1 Å². The van der Waals surface area contributed by atoms with E-state index in [1.54, 1.807) is 18.2 Å². The molecule has 8 nitrogen and oxygen atoms in total. The van der Waals surface area contributed by atoms with Crippen molar-refractivity contribution in [3.63, 3.8) is 0 Å². The molecular weight excluding hydrogens is 464 g/mol. The van der Waals surface area contributed by atoms with Gasteiger partial charge in [-0.25, -0.2) is 9.40 Å². The summed E-state index contributed by atoms with van der Waals surface area (Å²) in [6, 6.07) is 8.06. The molecule has 1 unspecified atom stereocenters. The van der Waals surface area contributed by atoms with E-state index in [1.165, 1.54) is 11.1 Å². The number of carbonyl (C=O) groups excluding carboxylic acids is 3. The molecule has 4 rings (SSSR count). The van der Waals surface area contributed by atoms with E-state index in [9.17, 15) is 14.4 Å². The van der Waals surface area contributed by atoms with Crippen molar-refractivity contribution in [3.05, 3.63) is 64.0 Å². The molecule has 0 aromatic heterocycles. The fourth-order valence-corrected chi connectivity index (χ4v) is 5.23. The topological polar surface area (TPSA) is 97.0 Å². The van der Waals surface area contributed by atoms with Gasteiger partial charge in [-0.3, -0.25) is 19.8 Å². The van der Waals surface area contributed by atoms with Crippen LogP contribution in [0.1, 0.15) is 71.5 Å². The largest absolute Gasteiger partial charge is 0.649 e. The molecule has 1 fully saturated rings. The minimum absolute atomic E-state index is 0.0311. The minimum atomic E-state index is -2.54. The quantitative estimate of drug-likeness (QED) is 0.499. The highest BCUT2D eigenvalue weighted by molar-refractivity contribution is 6.82. The monoisotopic (exact) mass is 496 g/mol. The van der Waals surface area contributed by atoms with E-state index in [0.29, 0.717) is 17.5 Å². The van der Waals surface area contributed by atoms with E-state index < -0.39 is 24.4 Å². The molecule has 2 aliphatic heterocycles. The molecule has 10 heteroatoms. The number of carbonyl (C=O) groups is 3. The molecule has 2 amide bonds. The number of hydrazine groups is 1. The number of rotatable bonds is 4. The van der Waals surface area contributed by atoms with Crippen LogP contribution in [0, 0.1) is 25.1 Å². The van der Waals surface area contributed by atoms with Crippen LogP contribution in [-0.2, 0) is 20.7 Å². The van der Waals surface area contributed by atoms with Crippen LogP contribution in [0.2, 0.25) is 0 Å². The summed E-state index contributed by atoms with van der Waals surface area (Å²) in [5.74, 6) is -2.56. The van der Waals surface area contributed by atoms with E-state index in [-0.39, 0.29) is 41.5 Å². The standard InChI is InChI=1S/C26H32BFN3O5/c1-7-20(26(4,5)6)31(25(34)18-11-15(2)10-16(3)12-18)30-24(33)19-9-8-17-14-35-27(22(17)23(19)28)29-13-21(32)36-27/h8-12,20,29H,7,13-14H2,1-6H3,(H,30,33)/q-1/t20-,27?/m1/s1. The third-order valence-corrected chi connectivity index (χ3v) is 6.79. The molecule has 0 aliphatic carbocycles. The molecule has 2 aromatic rings. The highest BCUT2D eigenvalue weighted by Gasteiger charge is 2.46. The van der Waals surface area contributed by atoms with Crippen molar-refractivity contribution in [1.29, 1.82) is 0 Å². The van der Waals surface area contributed by atoms with Crippen molar-refractivity contribution in [1.82, 2.24) is 15.7 Å². The van der Waals surface area contributed by atoms with Gasteiger partial charge in [-0.05, 0) is 43.9 Å². The summed E-state index contributed by atoms with van der Waals surface area (Å²) in [6.07, 6.45) is 0.562. The number of nitrogens with zero attached hydrogens (tertiary/aromatic N) is 1. The lowest BCUT2D eigenvalue weighted by molar-refractivity contribution is -0.132. The average molecular weight is 496 g/mol. The molecule has 2 aliphatic rings. The molecule has 2 N–H and O–H groups in total. The maximum absolute atomic E-state index is 15.8. The smallest absolute Gasteiger partial charge is 0.405 e. The first-order chi connectivity index (χ1) is 16.9. The average Bonchev–Trinajstić information content (AvgIpc) is 3.34. The van der Waals surface area contributed by atoms with Crippen molar-refractivity contribution in [2.24, 2.45) is 5.41 Å². The number of nitrogens with one attached hydrogen (secondary N) is 2. The second-order valence-corrected chi connectivity index (χ2v) is 10.7. The van der Waals surface area contributed by atoms with Gasteiger partial charge in [0.2, 0.25) is 0 Å². The third-order valence-electron chi connectivity index (χ3n) is 6.79. The normalized spacial score (nSPS) is 19.7. The molecule has 0 radical (unpaired) electrons. The second-order valence-electron chi connectivity index (χ2n) is 10.7. The molecule has 192 valence electrons. The Balaban J connectivity index is 1.72.